The van der Waals surface area contributed by atoms with Gasteiger partial charge in [0, 0.05) is 18.1 Å². The van der Waals surface area contributed by atoms with E-state index in [9.17, 15) is 13.2 Å². The SMILES string of the molecule is COCCOCCNS(=O)(=O)c1cc(C(=O)O)ccc1Br. The van der Waals surface area contributed by atoms with Gasteiger partial charge in [-0.15, -0.1) is 0 Å². The van der Waals surface area contributed by atoms with Crippen molar-refractivity contribution in [3.63, 3.8) is 0 Å². The second-order valence-electron chi connectivity index (χ2n) is 3.95. The van der Waals surface area contributed by atoms with Crippen molar-refractivity contribution in [2.24, 2.45) is 0 Å². The molecule has 2 N–H and O–H groups in total. The minimum atomic E-state index is -3.81. The second-order valence-corrected chi connectivity index (χ2v) is 6.54. The summed E-state index contributed by atoms with van der Waals surface area (Å²) >= 11 is 3.10. The molecule has 0 heterocycles. The van der Waals surface area contributed by atoms with Crippen molar-refractivity contribution in [1.82, 2.24) is 4.72 Å². The van der Waals surface area contributed by atoms with E-state index in [0.29, 0.717) is 17.7 Å². The van der Waals surface area contributed by atoms with Crippen molar-refractivity contribution in [3.8, 4) is 0 Å². The van der Waals surface area contributed by atoms with Crippen LogP contribution in [0.5, 0.6) is 0 Å². The average molecular weight is 382 g/mol. The lowest BCUT2D eigenvalue weighted by atomic mass is 10.2. The third-order valence-corrected chi connectivity index (χ3v) is 4.89. The van der Waals surface area contributed by atoms with Crippen molar-refractivity contribution in [2.45, 2.75) is 4.90 Å². The van der Waals surface area contributed by atoms with E-state index in [1.54, 1.807) is 7.11 Å². The van der Waals surface area contributed by atoms with Gasteiger partial charge < -0.3 is 14.6 Å². The van der Waals surface area contributed by atoms with Gasteiger partial charge in [-0.1, -0.05) is 0 Å². The quantitative estimate of drug-likeness (QED) is 0.620. The van der Waals surface area contributed by atoms with Crippen molar-refractivity contribution >= 4 is 31.9 Å². The molecule has 118 valence electrons. The normalized spacial score (nSPS) is 11.5. The van der Waals surface area contributed by atoms with Crippen LogP contribution in [0.1, 0.15) is 10.4 Å². The van der Waals surface area contributed by atoms with Crippen LogP contribution in [0.25, 0.3) is 0 Å². The van der Waals surface area contributed by atoms with Gasteiger partial charge in [-0.05, 0) is 34.1 Å². The van der Waals surface area contributed by atoms with Crippen LogP contribution in [0.2, 0.25) is 0 Å². The van der Waals surface area contributed by atoms with Gasteiger partial charge in [-0.2, -0.15) is 0 Å². The Balaban J connectivity index is 2.70. The first-order valence-corrected chi connectivity index (χ1v) is 8.25. The Labute approximate surface area is 131 Å². The molecule has 0 spiro atoms. The number of ether oxygens (including phenoxy) is 2. The van der Waals surface area contributed by atoms with E-state index in [2.05, 4.69) is 20.7 Å². The van der Waals surface area contributed by atoms with Crippen molar-refractivity contribution in [2.75, 3.05) is 33.5 Å². The molecule has 1 aromatic rings. The Morgan fingerprint density at radius 2 is 2.05 bits per heavy atom. The molecule has 9 heteroatoms. The molecular weight excluding hydrogens is 366 g/mol. The lowest BCUT2D eigenvalue weighted by Crippen LogP contribution is -2.28. The Morgan fingerprint density at radius 1 is 1.33 bits per heavy atom. The highest BCUT2D eigenvalue weighted by atomic mass is 79.9. The van der Waals surface area contributed by atoms with E-state index in [0.717, 1.165) is 6.07 Å². The van der Waals surface area contributed by atoms with Gasteiger partial charge in [0.25, 0.3) is 0 Å². The molecule has 0 saturated carbocycles. The third-order valence-electron chi connectivity index (χ3n) is 2.44. The number of rotatable bonds is 9. The predicted octanol–water partition coefficient (Wildman–Crippen LogP) is 1.09. The number of halogens is 1. The number of carboxylic acids is 1. The van der Waals surface area contributed by atoms with Crippen molar-refractivity contribution in [3.05, 3.63) is 28.2 Å². The summed E-state index contributed by atoms with van der Waals surface area (Å²) in [5.41, 5.74) is -0.102. The van der Waals surface area contributed by atoms with E-state index in [1.165, 1.54) is 12.1 Å². The molecule has 1 rings (SSSR count). The molecule has 1 aromatic carbocycles. The first kappa shape index (κ1) is 18.1. The fourth-order valence-corrected chi connectivity index (χ4v) is 3.41. The summed E-state index contributed by atoms with van der Waals surface area (Å²) in [6.45, 7) is 1.07. The number of nitrogens with one attached hydrogen (secondary N) is 1. The largest absolute Gasteiger partial charge is 0.478 e. The maximum atomic E-state index is 12.1. The molecular formula is C12H16BrNO6S. The molecule has 0 unspecified atom stereocenters. The molecule has 0 aliphatic rings. The molecule has 0 radical (unpaired) electrons. The highest BCUT2D eigenvalue weighted by Gasteiger charge is 2.19. The topological polar surface area (TPSA) is 102 Å². The highest BCUT2D eigenvalue weighted by Crippen LogP contribution is 2.23. The van der Waals surface area contributed by atoms with E-state index in [-0.39, 0.29) is 23.6 Å². The monoisotopic (exact) mass is 381 g/mol. The van der Waals surface area contributed by atoms with Gasteiger partial charge in [-0.3, -0.25) is 0 Å². The van der Waals surface area contributed by atoms with Crippen LogP contribution in [-0.2, 0) is 19.5 Å². The fraction of sp³-hybridized carbons (Fsp3) is 0.417. The second kappa shape index (κ2) is 8.44. The van der Waals surface area contributed by atoms with Crippen LogP contribution in [-0.4, -0.2) is 53.0 Å². The Morgan fingerprint density at radius 3 is 2.67 bits per heavy atom. The molecule has 21 heavy (non-hydrogen) atoms. The summed E-state index contributed by atoms with van der Waals surface area (Å²) in [5.74, 6) is -1.19. The smallest absolute Gasteiger partial charge is 0.335 e. The zero-order chi connectivity index (χ0) is 15.9. The van der Waals surface area contributed by atoms with Gasteiger partial charge in [-0.25, -0.2) is 17.9 Å². The molecule has 0 aliphatic heterocycles. The summed E-state index contributed by atoms with van der Waals surface area (Å²) < 4.78 is 36.8. The number of methoxy groups -OCH3 is 1. The summed E-state index contributed by atoms with van der Waals surface area (Å²) in [6, 6.07) is 3.80. The summed E-state index contributed by atoms with van der Waals surface area (Å²) in [6.07, 6.45) is 0. The van der Waals surface area contributed by atoms with Crippen LogP contribution in [0, 0.1) is 0 Å². The Bertz CT molecular complexity index is 589. The van der Waals surface area contributed by atoms with Gasteiger partial charge in [0.15, 0.2) is 0 Å². The van der Waals surface area contributed by atoms with Crippen LogP contribution in [0.4, 0.5) is 0 Å². The lowest BCUT2D eigenvalue weighted by molar-refractivity contribution is 0.0696. The van der Waals surface area contributed by atoms with Gasteiger partial charge in [0.05, 0.1) is 30.3 Å². The molecule has 0 bridgehead atoms. The van der Waals surface area contributed by atoms with Crippen LogP contribution in [0.3, 0.4) is 0 Å². The number of sulfonamides is 1. The maximum absolute atomic E-state index is 12.1. The molecule has 0 saturated heterocycles. The van der Waals surface area contributed by atoms with Crippen LogP contribution in [0.15, 0.2) is 27.6 Å². The van der Waals surface area contributed by atoms with E-state index in [4.69, 9.17) is 14.6 Å². The molecule has 0 amide bonds. The molecule has 0 atom stereocenters. The van der Waals surface area contributed by atoms with Gasteiger partial charge >= 0.3 is 5.97 Å². The summed E-state index contributed by atoms with van der Waals surface area (Å²) in [4.78, 5) is 10.8. The number of aromatic carboxylic acids is 1. The van der Waals surface area contributed by atoms with Crippen LogP contribution >= 0.6 is 15.9 Å². The number of hydrogen-bond donors (Lipinski definition) is 2. The highest BCUT2D eigenvalue weighted by molar-refractivity contribution is 9.10. The summed E-state index contributed by atoms with van der Waals surface area (Å²) in [7, 11) is -2.27. The fourth-order valence-electron chi connectivity index (χ4n) is 1.41. The Hall–Kier alpha value is -1.00. The number of benzene rings is 1. The minimum absolute atomic E-state index is 0.0792. The average Bonchev–Trinajstić information content (AvgIpc) is 2.42. The minimum Gasteiger partial charge on any atom is -0.478 e. The maximum Gasteiger partial charge on any atom is 0.335 e. The van der Waals surface area contributed by atoms with Crippen molar-refractivity contribution in [1.29, 1.82) is 0 Å². The standard InChI is InChI=1S/C12H16BrNO6S/c1-19-6-7-20-5-4-14-21(17,18)11-8-9(12(15)16)2-3-10(11)13/h2-3,8,14H,4-7H2,1H3,(H,15,16). The lowest BCUT2D eigenvalue weighted by Gasteiger charge is -2.09. The van der Waals surface area contributed by atoms with Gasteiger partial charge in [0.1, 0.15) is 0 Å². The number of hydrogen-bond acceptors (Lipinski definition) is 5. The van der Waals surface area contributed by atoms with E-state index >= 15 is 0 Å². The first-order chi connectivity index (χ1) is 9.88. The van der Waals surface area contributed by atoms with Crippen molar-refractivity contribution < 1.29 is 27.8 Å². The number of carbonyl (C=O) groups is 1. The molecule has 0 aromatic heterocycles. The zero-order valence-electron chi connectivity index (χ0n) is 11.3. The number of carboxylic acid groups (broad SMARTS) is 1. The predicted molar refractivity (Wildman–Crippen MR) is 79.0 cm³/mol. The Kier molecular flexibility index (Phi) is 7.26. The van der Waals surface area contributed by atoms with Gasteiger partial charge in [0.2, 0.25) is 10.0 Å². The first-order valence-electron chi connectivity index (χ1n) is 5.97. The molecule has 0 aliphatic carbocycles. The summed E-state index contributed by atoms with van der Waals surface area (Å²) in [5, 5.41) is 8.90. The van der Waals surface area contributed by atoms with Crippen LogP contribution < -0.4 is 4.72 Å². The third kappa shape index (κ3) is 5.71. The molecule has 0 fully saturated rings. The zero-order valence-corrected chi connectivity index (χ0v) is 13.7. The van der Waals surface area contributed by atoms with E-state index < -0.39 is 16.0 Å². The van der Waals surface area contributed by atoms with E-state index in [1.807, 2.05) is 0 Å². The molecule has 7 nitrogen and oxygen atoms in total.